The smallest absolute Gasteiger partial charge is 0.241 e. The number of hydrogen-bond donors (Lipinski definition) is 1. The second-order valence-corrected chi connectivity index (χ2v) is 7.51. The maximum atomic E-state index is 13.3. The Balaban J connectivity index is 1.29. The zero-order valence-electron chi connectivity index (χ0n) is 15.6. The fourth-order valence-electron chi connectivity index (χ4n) is 3.39. The number of nitrogens with zero attached hydrogens (tertiary/aromatic N) is 3. The van der Waals surface area contributed by atoms with Gasteiger partial charge < -0.3 is 9.84 Å². The summed E-state index contributed by atoms with van der Waals surface area (Å²) in [6.45, 7) is 2.04. The van der Waals surface area contributed by atoms with Crippen LogP contribution in [0.25, 0.3) is 11.4 Å². The van der Waals surface area contributed by atoms with Gasteiger partial charge in [0.2, 0.25) is 17.6 Å². The first-order chi connectivity index (χ1) is 14.1. The van der Waals surface area contributed by atoms with E-state index in [4.69, 9.17) is 16.1 Å². The van der Waals surface area contributed by atoms with E-state index in [2.05, 4.69) is 20.4 Å². The summed E-state index contributed by atoms with van der Waals surface area (Å²) < 4.78 is 18.6. The number of benzene rings is 2. The molecule has 1 N–H and O–H groups in total. The van der Waals surface area contributed by atoms with Crippen molar-refractivity contribution in [3.63, 3.8) is 0 Å². The van der Waals surface area contributed by atoms with Crippen molar-refractivity contribution in [1.29, 1.82) is 0 Å². The van der Waals surface area contributed by atoms with E-state index < -0.39 is 0 Å². The maximum absolute atomic E-state index is 13.3. The van der Waals surface area contributed by atoms with Crippen molar-refractivity contribution in [3.05, 3.63) is 65.3 Å². The quantitative estimate of drug-likeness (QED) is 0.670. The van der Waals surface area contributed by atoms with Crippen molar-refractivity contribution in [1.82, 2.24) is 15.0 Å². The van der Waals surface area contributed by atoms with Gasteiger partial charge in [0, 0.05) is 22.2 Å². The summed E-state index contributed by atoms with van der Waals surface area (Å²) in [5.74, 6) is 0.536. The highest BCUT2D eigenvalue weighted by molar-refractivity contribution is 6.30. The number of carbonyl (C=O) groups is 1. The Morgan fingerprint density at radius 2 is 1.97 bits per heavy atom. The van der Waals surface area contributed by atoms with Gasteiger partial charge in [-0.3, -0.25) is 9.69 Å². The van der Waals surface area contributed by atoms with Crippen molar-refractivity contribution in [2.45, 2.75) is 19.4 Å². The molecule has 0 atom stereocenters. The minimum Gasteiger partial charge on any atom is -0.338 e. The van der Waals surface area contributed by atoms with Crippen LogP contribution in [0.2, 0.25) is 5.02 Å². The molecule has 1 amide bonds. The van der Waals surface area contributed by atoms with Crippen LogP contribution in [0.3, 0.4) is 0 Å². The predicted molar refractivity (Wildman–Crippen MR) is 108 cm³/mol. The first-order valence-electron chi connectivity index (χ1n) is 9.44. The molecule has 150 valence electrons. The average Bonchev–Trinajstić information content (AvgIpc) is 3.17. The summed E-state index contributed by atoms with van der Waals surface area (Å²) in [4.78, 5) is 19.1. The topological polar surface area (TPSA) is 71.3 Å². The van der Waals surface area contributed by atoms with Gasteiger partial charge in [0.25, 0.3) is 0 Å². The number of carbonyl (C=O) groups excluding carboxylic acids is 1. The normalized spacial score (nSPS) is 15.4. The van der Waals surface area contributed by atoms with Gasteiger partial charge in [0.15, 0.2) is 0 Å². The van der Waals surface area contributed by atoms with E-state index in [1.54, 1.807) is 24.3 Å². The minimum atomic E-state index is -0.366. The molecule has 1 saturated heterocycles. The molecule has 1 fully saturated rings. The monoisotopic (exact) mass is 414 g/mol. The van der Waals surface area contributed by atoms with Crippen LogP contribution >= 0.6 is 11.6 Å². The molecule has 2 heterocycles. The summed E-state index contributed by atoms with van der Waals surface area (Å²) in [5, 5.41) is 7.48. The molecule has 0 spiro atoms. The predicted octanol–water partition coefficient (Wildman–Crippen LogP) is 4.38. The number of rotatable bonds is 5. The zero-order chi connectivity index (χ0) is 20.2. The molecule has 0 unspecified atom stereocenters. The van der Waals surface area contributed by atoms with Crippen LogP contribution in [0.5, 0.6) is 0 Å². The SMILES string of the molecule is O=C(Nc1cccc(F)c1)C1CCN(Cc2nc(-c3ccc(Cl)cc3)no2)CC1. The molecule has 1 aliphatic heterocycles. The Morgan fingerprint density at radius 3 is 2.69 bits per heavy atom. The Morgan fingerprint density at radius 1 is 1.21 bits per heavy atom. The summed E-state index contributed by atoms with van der Waals surface area (Å²) in [6.07, 6.45) is 1.44. The molecular formula is C21H20ClFN4O2. The summed E-state index contributed by atoms with van der Waals surface area (Å²) in [6, 6.07) is 13.2. The number of halogens is 2. The van der Waals surface area contributed by atoms with Crippen molar-refractivity contribution >= 4 is 23.2 Å². The third kappa shape index (κ3) is 4.99. The second kappa shape index (κ2) is 8.71. The lowest BCUT2D eigenvalue weighted by Crippen LogP contribution is -2.37. The summed E-state index contributed by atoms with van der Waals surface area (Å²) in [5.41, 5.74) is 1.33. The standard InChI is InChI=1S/C21H20ClFN4O2/c22-16-6-4-14(5-7-16)20-25-19(29-26-20)13-27-10-8-15(9-11-27)21(28)24-18-3-1-2-17(23)12-18/h1-7,12,15H,8-11,13H2,(H,24,28). The summed E-state index contributed by atoms with van der Waals surface area (Å²) >= 11 is 5.90. The van der Waals surface area contributed by atoms with Crippen LogP contribution in [0, 0.1) is 11.7 Å². The molecular weight excluding hydrogens is 395 g/mol. The lowest BCUT2D eigenvalue weighted by atomic mass is 9.96. The minimum absolute atomic E-state index is 0.0712. The number of aromatic nitrogens is 2. The van der Waals surface area contributed by atoms with Gasteiger partial charge in [-0.15, -0.1) is 0 Å². The van der Waals surface area contributed by atoms with Gasteiger partial charge in [0.05, 0.1) is 6.54 Å². The molecule has 0 saturated carbocycles. The molecule has 8 heteroatoms. The summed E-state index contributed by atoms with van der Waals surface area (Å²) in [7, 11) is 0. The van der Waals surface area contributed by atoms with E-state index in [1.165, 1.54) is 12.1 Å². The molecule has 6 nitrogen and oxygen atoms in total. The Hall–Kier alpha value is -2.77. The van der Waals surface area contributed by atoms with E-state index in [9.17, 15) is 9.18 Å². The van der Waals surface area contributed by atoms with Crippen molar-refractivity contribution in [3.8, 4) is 11.4 Å². The molecule has 29 heavy (non-hydrogen) atoms. The number of hydrogen-bond acceptors (Lipinski definition) is 5. The molecule has 2 aromatic carbocycles. The van der Waals surface area contributed by atoms with Gasteiger partial charge in [0.1, 0.15) is 5.82 Å². The van der Waals surface area contributed by atoms with Crippen LogP contribution in [0.15, 0.2) is 53.1 Å². The van der Waals surface area contributed by atoms with E-state index in [0.29, 0.717) is 29.0 Å². The number of nitrogens with one attached hydrogen (secondary N) is 1. The van der Waals surface area contributed by atoms with Crippen LogP contribution in [-0.2, 0) is 11.3 Å². The van der Waals surface area contributed by atoms with Crippen LogP contribution in [-0.4, -0.2) is 34.0 Å². The lowest BCUT2D eigenvalue weighted by molar-refractivity contribution is -0.121. The fraction of sp³-hybridized carbons (Fsp3) is 0.286. The molecule has 0 bridgehead atoms. The number of amides is 1. The molecule has 1 aliphatic rings. The first-order valence-corrected chi connectivity index (χ1v) is 9.82. The lowest BCUT2D eigenvalue weighted by Gasteiger charge is -2.30. The first kappa shape index (κ1) is 19.5. The van der Waals surface area contributed by atoms with E-state index in [-0.39, 0.29) is 17.6 Å². The Bertz CT molecular complexity index is 984. The maximum Gasteiger partial charge on any atom is 0.241 e. The van der Waals surface area contributed by atoms with E-state index >= 15 is 0 Å². The highest BCUT2D eigenvalue weighted by Crippen LogP contribution is 2.23. The molecule has 3 aromatic rings. The highest BCUT2D eigenvalue weighted by atomic mass is 35.5. The Kier molecular flexibility index (Phi) is 5.87. The van der Waals surface area contributed by atoms with Crippen LogP contribution < -0.4 is 5.32 Å². The van der Waals surface area contributed by atoms with Gasteiger partial charge in [-0.05, 0) is 68.4 Å². The van der Waals surface area contributed by atoms with Gasteiger partial charge in [-0.2, -0.15) is 4.98 Å². The van der Waals surface area contributed by atoms with Gasteiger partial charge >= 0.3 is 0 Å². The zero-order valence-corrected chi connectivity index (χ0v) is 16.4. The number of likely N-dealkylation sites (tertiary alicyclic amines) is 1. The van der Waals surface area contributed by atoms with Gasteiger partial charge in [-0.1, -0.05) is 22.8 Å². The fourth-order valence-corrected chi connectivity index (χ4v) is 3.52. The van der Waals surface area contributed by atoms with Crippen LogP contribution in [0.4, 0.5) is 10.1 Å². The van der Waals surface area contributed by atoms with Gasteiger partial charge in [-0.25, -0.2) is 4.39 Å². The Labute approximate surface area is 172 Å². The largest absolute Gasteiger partial charge is 0.338 e. The molecule has 1 aromatic heterocycles. The van der Waals surface area contributed by atoms with E-state index in [1.807, 2.05) is 12.1 Å². The third-order valence-electron chi connectivity index (χ3n) is 4.98. The number of anilines is 1. The van der Waals surface area contributed by atoms with Crippen LogP contribution in [0.1, 0.15) is 18.7 Å². The molecule has 4 rings (SSSR count). The van der Waals surface area contributed by atoms with Crippen molar-refractivity contribution in [2.24, 2.45) is 5.92 Å². The number of piperidine rings is 1. The molecule has 0 aliphatic carbocycles. The van der Waals surface area contributed by atoms with Crippen molar-refractivity contribution < 1.29 is 13.7 Å². The average molecular weight is 415 g/mol. The van der Waals surface area contributed by atoms with E-state index in [0.717, 1.165) is 31.5 Å². The third-order valence-corrected chi connectivity index (χ3v) is 5.23. The van der Waals surface area contributed by atoms with Crippen molar-refractivity contribution in [2.75, 3.05) is 18.4 Å². The highest BCUT2D eigenvalue weighted by Gasteiger charge is 2.26. The molecule has 0 radical (unpaired) electrons. The second-order valence-electron chi connectivity index (χ2n) is 7.07.